The van der Waals surface area contributed by atoms with Gasteiger partial charge >= 0.3 is 12.1 Å². The molecule has 2 unspecified atom stereocenters. The molecule has 4 amide bonds. The normalized spacial score (nSPS) is 14.4. The van der Waals surface area contributed by atoms with Crippen LogP contribution in [0, 0.1) is 0 Å². The monoisotopic (exact) mass is 530 g/mol. The molecule has 4 aromatic rings. The molecule has 2 N–H and O–H groups in total. The summed E-state index contributed by atoms with van der Waals surface area (Å²) in [5.74, 6) is 0.445. The summed E-state index contributed by atoms with van der Waals surface area (Å²) in [6.07, 6.45) is 0. The number of amides is 4. The van der Waals surface area contributed by atoms with Gasteiger partial charge in [0.1, 0.15) is 0 Å². The van der Waals surface area contributed by atoms with E-state index in [0.717, 1.165) is 11.1 Å². The first-order valence-corrected chi connectivity index (χ1v) is 13.1. The molecule has 0 radical (unpaired) electrons. The molecule has 200 valence electrons. The standard InChI is InChI=1S/C32H30N6O2/c1-23(25-15-7-3-8-16-25)33-31(39)37-29(27-19-11-5-12-20-27)36-38(30(35-37)28-21-13-6-14-22-28)32(40)34-24(2)26-17-9-4-10-18-26/h3-24H,1-2H3,(H,33,39)(H,34,40). The quantitative estimate of drug-likeness (QED) is 0.308. The van der Waals surface area contributed by atoms with Crippen LogP contribution in [0.5, 0.6) is 0 Å². The van der Waals surface area contributed by atoms with Crippen molar-refractivity contribution in [2.24, 2.45) is 10.2 Å². The van der Waals surface area contributed by atoms with Crippen LogP contribution in [0.4, 0.5) is 9.59 Å². The van der Waals surface area contributed by atoms with Gasteiger partial charge in [-0.05, 0) is 25.0 Å². The molecule has 1 heterocycles. The molecule has 1 aliphatic heterocycles. The minimum Gasteiger partial charge on any atom is -0.330 e. The van der Waals surface area contributed by atoms with Gasteiger partial charge in [-0.2, -0.15) is 10.0 Å². The maximum absolute atomic E-state index is 13.7. The third-order valence-electron chi connectivity index (χ3n) is 6.52. The Kier molecular flexibility index (Phi) is 7.97. The van der Waals surface area contributed by atoms with E-state index in [1.165, 1.54) is 10.0 Å². The van der Waals surface area contributed by atoms with Crippen molar-refractivity contribution in [1.29, 1.82) is 0 Å². The number of carbonyl (C=O) groups excluding carboxylic acids is 2. The van der Waals surface area contributed by atoms with E-state index in [9.17, 15) is 9.59 Å². The highest BCUT2D eigenvalue weighted by atomic mass is 16.2. The molecule has 4 aromatic carbocycles. The highest BCUT2D eigenvalue weighted by molar-refractivity contribution is 6.15. The number of rotatable bonds is 6. The van der Waals surface area contributed by atoms with E-state index in [-0.39, 0.29) is 23.8 Å². The van der Waals surface area contributed by atoms with E-state index in [1.54, 1.807) is 0 Å². The molecule has 0 aromatic heterocycles. The minimum absolute atomic E-state index is 0.223. The summed E-state index contributed by atoms with van der Waals surface area (Å²) in [6.45, 7) is 3.81. The van der Waals surface area contributed by atoms with Crippen molar-refractivity contribution in [3.63, 3.8) is 0 Å². The first kappa shape index (κ1) is 26.4. The van der Waals surface area contributed by atoms with Crippen molar-refractivity contribution in [2.75, 3.05) is 0 Å². The van der Waals surface area contributed by atoms with E-state index >= 15 is 0 Å². The molecule has 0 saturated heterocycles. The van der Waals surface area contributed by atoms with Crippen molar-refractivity contribution in [2.45, 2.75) is 25.9 Å². The maximum atomic E-state index is 13.7. The third-order valence-corrected chi connectivity index (χ3v) is 6.52. The molecule has 5 rings (SSSR count). The summed E-state index contributed by atoms with van der Waals surface area (Å²) in [7, 11) is 0. The van der Waals surface area contributed by atoms with E-state index < -0.39 is 12.1 Å². The average molecular weight is 531 g/mol. The second-order valence-corrected chi connectivity index (χ2v) is 9.37. The maximum Gasteiger partial charge on any atom is 0.344 e. The SMILES string of the molecule is CC(NC(=O)N1N=C(c2ccccc2)N(C(=O)NC(C)c2ccccc2)N=C1c1ccccc1)c1ccccc1. The number of carbonyl (C=O) groups is 2. The van der Waals surface area contributed by atoms with Crippen LogP contribution in [-0.2, 0) is 0 Å². The van der Waals surface area contributed by atoms with Crippen molar-refractivity contribution in [3.05, 3.63) is 144 Å². The summed E-state index contributed by atoms with van der Waals surface area (Å²) in [5.41, 5.74) is 3.17. The summed E-state index contributed by atoms with van der Waals surface area (Å²) in [6, 6.07) is 36.3. The fourth-order valence-electron chi connectivity index (χ4n) is 4.33. The van der Waals surface area contributed by atoms with Crippen LogP contribution < -0.4 is 10.6 Å². The van der Waals surface area contributed by atoms with Gasteiger partial charge in [0.25, 0.3) is 0 Å². The van der Waals surface area contributed by atoms with Crippen molar-refractivity contribution >= 4 is 23.7 Å². The summed E-state index contributed by atoms with van der Waals surface area (Å²) in [4.78, 5) is 27.4. The number of hydrogen-bond acceptors (Lipinski definition) is 4. The van der Waals surface area contributed by atoms with E-state index in [2.05, 4.69) is 10.6 Å². The first-order chi connectivity index (χ1) is 19.5. The van der Waals surface area contributed by atoms with Gasteiger partial charge in [0, 0.05) is 11.1 Å². The smallest absolute Gasteiger partial charge is 0.330 e. The average Bonchev–Trinajstić information content (AvgIpc) is 3.02. The summed E-state index contributed by atoms with van der Waals surface area (Å²) >= 11 is 0. The lowest BCUT2D eigenvalue weighted by atomic mass is 10.1. The molecule has 40 heavy (non-hydrogen) atoms. The molecule has 2 atom stereocenters. The van der Waals surface area contributed by atoms with Crippen molar-refractivity contribution in [1.82, 2.24) is 20.7 Å². The van der Waals surface area contributed by atoms with Crippen LogP contribution in [0.15, 0.2) is 132 Å². The molecule has 0 saturated carbocycles. The van der Waals surface area contributed by atoms with Crippen LogP contribution in [0.3, 0.4) is 0 Å². The van der Waals surface area contributed by atoms with Gasteiger partial charge in [-0.15, -0.1) is 10.2 Å². The molecular formula is C32H30N6O2. The largest absolute Gasteiger partial charge is 0.344 e. The number of hydrazone groups is 2. The van der Waals surface area contributed by atoms with Gasteiger partial charge in [-0.1, -0.05) is 121 Å². The molecular weight excluding hydrogens is 500 g/mol. The summed E-state index contributed by atoms with van der Waals surface area (Å²) in [5, 5.41) is 17.9. The molecule has 0 spiro atoms. The highest BCUT2D eigenvalue weighted by Crippen LogP contribution is 2.21. The van der Waals surface area contributed by atoms with Crippen LogP contribution in [0.25, 0.3) is 0 Å². The van der Waals surface area contributed by atoms with Gasteiger partial charge in [0.2, 0.25) is 0 Å². The predicted octanol–water partition coefficient (Wildman–Crippen LogP) is 6.27. The second kappa shape index (κ2) is 12.1. The molecule has 0 aliphatic carbocycles. The number of nitrogens with zero attached hydrogens (tertiary/aromatic N) is 4. The topological polar surface area (TPSA) is 89.4 Å². The number of amidine groups is 2. The Morgan fingerprint density at radius 2 is 0.825 bits per heavy atom. The first-order valence-electron chi connectivity index (χ1n) is 13.1. The van der Waals surface area contributed by atoms with E-state index in [0.29, 0.717) is 11.1 Å². The molecule has 8 heteroatoms. The number of urea groups is 2. The van der Waals surface area contributed by atoms with Crippen LogP contribution in [0.2, 0.25) is 0 Å². The van der Waals surface area contributed by atoms with E-state index in [4.69, 9.17) is 10.2 Å². The van der Waals surface area contributed by atoms with Crippen LogP contribution >= 0.6 is 0 Å². The fraction of sp³-hybridized carbons (Fsp3) is 0.125. The zero-order valence-corrected chi connectivity index (χ0v) is 22.3. The lowest BCUT2D eigenvalue weighted by Crippen LogP contribution is -2.51. The Hall–Kier alpha value is -5.24. The Bertz CT molecular complexity index is 1390. The van der Waals surface area contributed by atoms with Gasteiger partial charge in [-0.25, -0.2) is 9.59 Å². The minimum atomic E-state index is -0.468. The van der Waals surface area contributed by atoms with Crippen LogP contribution in [-0.4, -0.2) is 33.8 Å². The summed E-state index contributed by atoms with van der Waals surface area (Å²) < 4.78 is 0. The predicted molar refractivity (Wildman–Crippen MR) is 156 cm³/mol. The Labute approximate surface area is 233 Å². The Morgan fingerprint density at radius 1 is 0.525 bits per heavy atom. The zero-order valence-electron chi connectivity index (χ0n) is 22.3. The fourth-order valence-corrected chi connectivity index (χ4v) is 4.33. The second-order valence-electron chi connectivity index (χ2n) is 9.37. The third kappa shape index (κ3) is 5.91. The van der Waals surface area contributed by atoms with Gasteiger partial charge in [0.15, 0.2) is 11.7 Å². The van der Waals surface area contributed by atoms with Gasteiger partial charge in [0.05, 0.1) is 12.1 Å². The number of nitrogens with one attached hydrogen (secondary N) is 2. The number of benzene rings is 4. The lowest BCUT2D eigenvalue weighted by molar-refractivity contribution is 0.207. The van der Waals surface area contributed by atoms with Crippen LogP contribution in [0.1, 0.15) is 48.2 Å². The zero-order chi connectivity index (χ0) is 27.9. The Balaban J connectivity index is 1.53. The Morgan fingerprint density at radius 3 is 1.15 bits per heavy atom. The lowest BCUT2D eigenvalue weighted by Gasteiger charge is -2.31. The number of hydrogen-bond donors (Lipinski definition) is 2. The van der Waals surface area contributed by atoms with Crippen molar-refractivity contribution in [3.8, 4) is 0 Å². The van der Waals surface area contributed by atoms with Gasteiger partial charge in [-0.3, -0.25) is 0 Å². The molecule has 8 nitrogen and oxygen atoms in total. The van der Waals surface area contributed by atoms with E-state index in [1.807, 2.05) is 135 Å². The van der Waals surface area contributed by atoms with Gasteiger partial charge < -0.3 is 10.6 Å². The highest BCUT2D eigenvalue weighted by Gasteiger charge is 2.34. The van der Waals surface area contributed by atoms with Crippen molar-refractivity contribution < 1.29 is 9.59 Å². The molecule has 1 aliphatic rings. The molecule has 0 fully saturated rings. The molecule has 0 bridgehead atoms.